The van der Waals surface area contributed by atoms with Crippen LogP contribution in [-0.2, 0) is 0 Å². The Kier molecular flexibility index (Phi) is 4.37. The van der Waals surface area contributed by atoms with Crippen LogP contribution in [0, 0.1) is 29.1 Å². The number of nitrogens with zero attached hydrogens (tertiary/aromatic N) is 2. The Balaban J connectivity index is 2.27. The highest BCUT2D eigenvalue weighted by Crippen LogP contribution is 2.46. The van der Waals surface area contributed by atoms with Crippen LogP contribution in [0.4, 0.5) is 40.8 Å². The molecule has 2 aromatic rings. The van der Waals surface area contributed by atoms with Crippen molar-refractivity contribution in [2.24, 2.45) is 5.10 Å². The molecule has 144 valence electrons. The van der Waals surface area contributed by atoms with Gasteiger partial charge in [-0.2, -0.15) is 18.3 Å². The average molecular weight is 396 g/mol. The molecule has 0 spiro atoms. The summed E-state index contributed by atoms with van der Waals surface area (Å²) in [7, 11) is 0. The van der Waals surface area contributed by atoms with Crippen molar-refractivity contribution in [3.8, 4) is 0 Å². The first-order chi connectivity index (χ1) is 12.5. The predicted octanol–water partition coefficient (Wildman–Crippen LogP) is 4.25. The predicted molar refractivity (Wildman–Crippen MR) is 77.3 cm³/mol. The Morgan fingerprint density at radius 2 is 1.33 bits per heavy atom. The molecule has 3 rings (SSSR count). The molecule has 27 heavy (non-hydrogen) atoms. The summed E-state index contributed by atoms with van der Waals surface area (Å²) in [6.45, 7) is 0. The lowest BCUT2D eigenvalue weighted by molar-refractivity contribution is -0.254. The van der Waals surface area contributed by atoms with E-state index in [4.69, 9.17) is 0 Å². The van der Waals surface area contributed by atoms with E-state index in [2.05, 4.69) is 5.10 Å². The van der Waals surface area contributed by atoms with Gasteiger partial charge in [0.25, 0.3) is 5.72 Å². The highest BCUT2D eigenvalue weighted by Gasteiger charge is 2.63. The zero-order valence-corrected chi connectivity index (χ0v) is 13.0. The van der Waals surface area contributed by atoms with Gasteiger partial charge in [0.05, 0.1) is 12.1 Å². The second-order valence-corrected chi connectivity index (χ2v) is 5.63. The molecule has 0 aromatic heterocycles. The van der Waals surface area contributed by atoms with Crippen molar-refractivity contribution >= 4 is 11.4 Å². The quantitative estimate of drug-likeness (QED) is 0.468. The summed E-state index contributed by atoms with van der Waals surface area (Å²) in [5, 5.41) is 12.8. The third kappa shape index (κ3) is 2.82. The standard InChI is InChI=1S/C16H8F8N2O/c17-9-10(18)12(20)14(13(21)11(9)19)26-15(27,16(22,23)24)6-8(25-26)7-4-2-1-3-5-7/h1-5,27H,6H2. The Labute approximate surface area is 146 Å². The monoisotopic (exact) mass is 396 g/mol. The summed E-state index contributed by atoms with van der Waals surface area (Å²) >= 11 is 0. The maximum absolute atomic E-state index is 14.0. The van der Waals surface area contributed by atoms with E-state index in [1.807, 2.05) is 0 Å². The minimum absolute atomic E-state index is 0.0616. The number of halogens is 8. The average Bonchev–Trinajstić information content (AvgIpc) is 2.98. The van der Waals surface area contributed by atoms with Crippen molar-refractivity contribution in [2.45, 2.75) is 18.3 Å². The summed E-state index contributed by atoms with van der Waals surface area (Å²) in [5.41, 5.74) is -6.42. The normalized spacial score (nSPS) is 20.2. The van der Waals surface area contributed by atoms with Gasteiger partial charge in [-0.15, -0.1) is 0 Å². The number of rotatable bonds is 2. The molecule has 0 saturated carbocycles. The molecule has 1 unspecified atom stereocenters. The molecule has 2 aromatic carbocycles. The molecule has 1 atom stereocenters. The Hall–Kier alpha value is -2.69. The molecule has 3 nitrogen and oxygen atoms in total. The van der Waals surface area contributed by atoms with Crippen molar-refractivity contribution in [3.05, 3.63) is 65.0 Å². The van der Waals surface area contributed by atoms with Crippen LogP contribution in [0.3, 0.4) is 0 Å². The second kappa shape index (κ2) is 6.19. The Bertz CT molecular complexity index is 899. The molecule has 1 heterocycles. The number of anilines is 1. The minimum Gasteiger partial charge on any atom is -0.362 e. The fourth-order valence-corrected chi connectivity index (χ4v) is 2.57. The first-order valence-corrected chi connectivity index (χ1v) is 7.22. The highest BCUT2D eigenvalue weighted by atomic mass is 19.4. The van der Waals surface area contributed by atoms with Crippen molar-refractivity contribution in [1.29, 1.82) is 0 Å². The molecule has 1 N–H and O–H groups in total. The van der Waals surface area contributed by atoms with Gasteiger partial charge in [-0.05, 0) is 5.56 Å². The van der Waals surface area contributed by atoms with Crippen LogP contribution in [0.2, 0.25) is 0 Å². The molecular formula is C16H8F8N2O. The van der Waals surface area contributed by atoms with Crippen LogP contribution in [0.1, 0.15) is 12.0 Å². The maximum Gasteiger partial charge on any atom is 0.438 e. The minimum atomic E-state index is -5.53. The number of hydrazone groups is 1. The summed E-state index contributed by atoms with van der Waals surface area (Å²) in [6.07, 6.45) is -6.83. The van der Waals surface area contributed by atoms with E-state index in [0.29, 0.717) is 0 Å². The number of hydrogen-bond donors (Lipinski definition) is 1. The van der Waals surface area contributed by atoms with Crippen LogP contribution in [0.15, 0.2) is 35.4 Å². The first kappa shape index (κ1) is 19.1. The highest BCUT2D eigenvalue weighted by molar-refractivity contribution is 6.03. The van der Waals surface area contributed by atoms with Gasteiger partial charge in [0.1, 0.15) is 5.69 Å². The topological polar surface area (TPSA) is 35.8 Å². The van der Waals surface area contributed by atoms with Gasteiger partial charge in [0, 0.05) is 0 Å². The van der Waals surface area contributed by atoms with E-state index >= 15 is 0 Å². The summed E-state index contributed by atoms with van der Waals surface area (Å²) in [6, 6.07) is 6.98. The van der Waals surface area contributed by atoms with Crippen molar-refractivity contribution in [1.82, 2.24) is 0 Å². The van der Waals surface area contributed by atoms with Gasteiger partial charge in [0.15, 0.2) is 23.3 Å². The first-order valence-electron chi connectivity index (χ1n) is 7.22. The molecule has 0 saturated heterocycles. The van der Waals surface area contributed by atoms with E-state index in [-0.39, 0.29) is 5.56 Å². The molecule has 1 aliphatic heterocycles. The molecule has 0 fully saturated rings. The third-order valence-electron chi connectivity index (χ3n) is 3.94. The molecular weight excluding hydrogens is 388 g/mol. The Morgan fingerprint density at radius 3 is 1.81 bits per heavy atom. The molecule has 11 heteroatoms. The van der Waals surface area contributed by atoms with Crippen molar-refractivity contribution in [3.63, 3.8) is 0 Å². The van der Waals surface area contributed by atoms with Gasteiger partial charge in [-0.25, -0.2) is 27.0 Å². The van der Waals surface area contributed by atoms with Gasteiger partial charge < -0.3 is 5.11 Å². The Morgan fingerprint density at radius 1 is 0.852 bits per heavy atom. The SMILES string of the molecule is OC1(C(F)(F)F)CC(c2ccccc2)=NN1c1c(F)c(F)c(F)c(F)c1F. The number of hydrogen-bond acceptors (Lipinski definition) is 3. The third-order valence-corrected chi connectivity index (χ3v) is 3.94. The lowest BCUT2D eigenvalue weighted by Crippen LogP contribution is -2.55. The van der Waals surface area contributed by atoms with Gasteiger partial charge in [-0.3, -0.25) is 0 Å². The largest absolute Gasteiger partial charge is 0.438 e. The van der Waals surface area contributed by atoms with Crippen molar-refractivity contribution < 1.29 is 40.2 Å². The molecule has 0 amide bonds. The zero-order valence-electron chi connectivity index (χ0n) is 13.0. The molecule has 1 aliphatic rings. The van der Waals surface area contributed by atoms with Gasteiger partial charge in [-0.1, -0.05) is 30.3 Å². The van der Waals surface area contributed by atoms with E-state index in [1.54, 1.807) is 0 Å². The van der Waals surface area contributed by atoms with E-state index in [9.17, 15) is 40.2 Å². The lowest BCUT2D eigenvalue weighted by Gasteiger charge is -2.34. The van der Waals surface area contributed by atoms with Gasteiger partial charge in [0.2, 0.25) is 5.82 Å². The summed E-state index contributed by atoms with van der Waals surface area (Å²) < 4.78 is 108. The van der Waals surface area contributed by atoms with Crippen LogP contribution < -0.4 is 5.01 Å². The summed E-state index contributed by atoms with van der Waals surface area (Å²) in [5.74, 6) is -12.6. The molecule has 0 aliphatic carbocycles. The van der Waals surface area contributed by atoms with Crippen LogP contribution in [-0.4, -0.2) is 22.7 Å². The second-order valence-electron chi connectivity index (χ2n) is 5.63. The van der Waals surface area contributed by atoms with E-state index in [0.717, 1.165) is 0 Å². The zero-order chi connectivity index (χ0) is 20.1. The molecule has 0 radical (unpaired) electrons. The number of alkyl halides is 3. The van der Waals surface area contributed by atoms with Gasteiger partial charge >= 0.3 is 6.18 Å². The smallest absolute Gasteiger partial charge is 0.362 e. The van der Waals surface area contributed by atoms with Crippen molar-refractivity contribution in [2.75, 3.05) is 5.01 Å². The lowest BCUT2D eigenvalue weighted by atomic mass is 10.0. The number of benzene rings is 2. The van der Waals surface area contributed by atoms with E-state index < -0.39 is 63.8 Å². The van der Waals surface area contributed by atoms with Crippen LogP contribution in [0.25, 0.3) is 0 Å². The molecule has 0 bridgehead atoms. The fraction of sp³-hybridized carbons (Fsp3) is 0.188. The maximum atomic E-state index is 14.0. The number of aliphatic hydroxyl groups is 1. The fourth-order valence-electron chi connectivity index (χ4n) is 2.57. The van der Waals surface area contributed by atoms with E-state index in [1.165, 1.54) is 30.3 Å². The van der Waals surface area contributed by atoms with Crippen LogP contribution >= 0.6 is 0 Å². The summed E-state index contributed by atoms with van der Waals surface area (Å²) in [4.78, 5) is 0. The van der Waals surface area contributed by atoms with Crippen LogP contribution in [0.5, 0.6) is 0 Å².